The maximum absolute atomic E-state index is 13.0. The van der Waals surface area contributed by atoms with Crippen molar-refractivity contribution >= 4 is 11.9 Å². The minimum atomic E-state index is -0.885. The van der Waals surface area contributed by atoms with E-state index >= 15 is 0 Å². The van der Waals surface area contributed by atoms with Crippen molar-refractivity contribution in [2.45, 2.75) is 38.0 Å². The Hall–Kier alpha value is -1.91. The molecule has 1 saturated carbocycles. The molecule has 1 atom stereocenters. The lowest BCUT2D eigenvalue weighted by Crippen LogP contribution is -2.39. The molecule has 1 aromatic carbocycles. The molecule has 1 unspecified atom stereocenters. The van der Waals surface area contributed by atoms with Crippen molar-refractivity contribution in [2.75, 3.05) is 6.54 Å². The van der Waals surface area contributed by atoms with Gasteiger partial charge in [0, 0.05) is 6.54 Å². The lowest BCUT2D eigenvalue weighted by molar-refractivity contribution is -0.142. The van der Waals surface area contributed by atoms with E-state index in [1.54, 1.807) is 12.1 Å². The van der Waals surface area contributed by atoms with Gasteiger partial charge in [0.05, 0.1) is 11.3 Å². The molecule has 0 aromatic heterocycles. The van der Waals surface area contributed by atoms with Crippen molar-refractivity contribution in [3.8, 4) is 0 Å². The molecule has 1 fully saturated rings. The van der Waals surface area contributed by atoms with Gasteiger partial charge in [-0.1, -0.05) is 25.5 Å². The number of nitrogens with one attached hydrogen (secondary N) is 1. The zero-order chi connectivity index (χ0) is 15.5. The van der Waals surface area contributed by atoms with Crippen LogP contribution in [-0.4, -0.2) is 23.5 Å². The molecule has 2 N–H and O–H groups in total. The first-order valence-corrected chi connectivity index (χ1v) is 7.27. The third-order valence-corrected chi connectivity index (χ3v) is 4.08. The molecule has 5 heteroatoms. The quantitative estimate of drug-likeness (QED) is 0.811. The number of carboxylic acids is 1. The summed E-state index contributed by atoms with van der Waals surface area (Å²) in [6, 6.07) is 5.95. The Labute approximate surface area is 123 Å². The average Bonchev–Trinajstić information content (AvgIpc) is 3.25. The van der Waals surface area contributed by atoms with E-state index in [2.05, 4.69) is 5.32 Å². The van der Waals surface area contributed by atoms with Crippen molar-refractivity contribution in [1.82, 2.24) is 5.32 Å². The van der Waals surface area contributed by atoms with Crippen LogP contribution in [0.3, 0.4) is 0 Å². The lowest BCUT2D eigenvalue weighted by atomic mass is 9.94. The monoisotopic (exact) mass is 293 g/mol. The molecule has 0 spiro atoms. The molecule has 0 heterocycles. The van der Waals surface area contributed by atoms with Gasteiger partial charge in [-0.3, -0.25) is 9.59 Å². The number of benzene rings is 1. The summed E-state index contributed by atoms with van der Waals surface area (Å²) in [7, 11) is 0. The Morgan fingerprint density at radius 3 is 2.43 bits per heavy atom. The minimum absolute atomic E-state index is 0.144. The van der Waals surface area contributed by atoms with Gasteiger partial charge in [0.2, 0.25) is 5.91 Å². The van der Waals surface area contributed by atoms with Gasteiger partial charge < -0.3 is 10.4 Å². The Bertz CT molecular complexity index is 523. The smallest absolute Gasteiger partial charge is 0.308 e. The topological polar surface area (TPSA) is 66.4 Å². The van der Waals surface area contributed by atoms with Crippen LogP contribution in [0.2, 0.25) is 0 Å². The summed E-state index contributed by atoms with van der Waals surface area (Å²) in [5, 5.41) is 11.8. The predicted octanol–water partition coefficient (Wildman–Crippen LogP) is 2.47. The molecule has 2 rings (SSSR count). The number of amides is 1. The molecule has 0 bridgehead atoms. The SMILES string of the molecule is CCCC(CNC(=O)C1(c2ccc(F)cc2)CC1)C(=O)O. The Balaban J connectivity index is 1.99. The van der Waals surface area contributed by atoms with E-state index in [0.717, 1.165) is 24.8 Å². The van der Waals surface area contributed by atoms with E-state index in [1.165, 1.54) is 12.1 Å². The van der Waals surface area contributed by atoms with Crippen LogP contribution in [0.1, 0.15) is 38.2 Å². The molecule has 0 radical (unpaired) electrons. The first-order valence-electron chi connectivity index (χ1n) is 7.27. The number of rotatable bonds is 7. The molecule has 114 valence electrons. The zero-order valence-corrected chi connectivity index (χ0v) is 12.1. The molecule has 1 amide bonds. The van der Waals surface area contributed by atoms with Crippen LogP contribution >= 0.6 is 0 Å². The number of hydrogen-bond acceptors (Lipinski definition) is 2. The van der Waals surface area contributed by atoms with Gasteiger partial charge in [-0.05, 0) is 37.0 Å². The summed E-state index contributed by atoms with van der Waals surface area (Å²) in [4.78, 5) is 23.4. The molecule has 1 aliphatic rings. The number of aliphatic carboxylic acids is 1. The third-order valence-electron chi connectivity index (χ3n) is 4.08. The van der Waals surface area contributed by atoms with Gasteiger partial charge in [0.25, 0.3) is 0 Å². The summed E-state index contributed by atoms with van der Waals surface area (Å²) in [6.07, 6.45) is 2.74. The normalized spacial score (nSPS) is 17.0. The van der Waals surface area contributed by atoms with Crippen molar-refractivity contribution in [3.05, 3.63) is 35.6 Å². The van der Waals surface area contributed by atoms with E-state index in [-0.39, 0.29) is 18.3 Å². The molecular formula is C16H20FNO3. The van der Waals surface area contributed by atoms with Crippen molar-refractivity contribution in [1.29, 1.82) is 0 Å². The highest BCUT2D eigenvalue weighted by atomic mass is 19.1. The van der Waals surface area contributed by atoms with Crippen LogP contribution in [0.4, 0.5) is 4.39 Å². The maximum atomic E-state index is 13.0. The van der Waals surface area contributed by atoms with E-state index in [4.69, 9.17) is 5.11 Å². The highest BCUT2D eigenvalue weighted by Crippen LogP contribution is 2.48. The van der Waals surface area contributed by atoms with E-state index in [0.29, 0.717) is 6.42 Å². The van der Waals surface area contributed by atoms with E-state index in [1.807, 2.05) is 6.92 Å². The van der Waals surface area contributed by atoms with E-state index in [9.17, 15) is 14.0 Å². The highest BCUT2D eigenvalue weighted by Gasteiger charge is 2.51. The summed E-state index contributed by atoms with van der Waals surface area (Å²) in [6.45, 7) is 2.06. The zero-order valence-electron chi connectivity index (χ0n) is 12.1. The van der Waals surface area contributed by atoms with Crippen LogP contribution in [0.15, 0.2) is 24.3 Å². The number of hydrogen-bond donors (Lipinski definition) is 2. The largest absolute Gasteiger partial charge is 0.481 e. The van der Waals surface area contributed by atoms with Gasteiger partial charge in [-0.2, -0.15) is 0 Å². The molecule has 0 saturated heterocycles. The number of carboxylic acid groups (broad SMARTS) is 1. The van der Waals surface area contributed by atoms with Crippen molar-refractivity contribution in [3.63, 3.8) is 0 Å². The van der Waals surface area contributed by atoms with Crippen LogP contribution in [-0.2, 0) is 15.0 Å². The summed E-state index contributed by atoms with van der Waals surface area (Å²) < 4.78 is 13.0. The fraction of sp³-hybridized carbons (Fsp3) is 0.500. The second-order valence-electron chi connectivity index (χ2n) is 5.62. The Kier molecular flexibility index (Phi) is 4.60. The molecule has 1 aliphatic carbocycles. The summed E-state index contributed by atoms with van der Waals surface area (Å²) in [5.41, 5.74) is 0.201. The second-order valence-corrected chi connectivity index (χ2v) is 5.62. The molecule has 0 aliphatic heterocycles. The molecule has 4 nitrogen and oxygen atoms in total. The van der Waals surface area contributed by atoms with Crippen LogP contribution in [0, 0.1) is 11.7 Å². The van der Waals surface area contributed by atoms with Gasteiger partial charge in [-0.15, -0.1) is 0 Å². The fourth-order valence-corrected chi connectivity index (χ4v) is 2.59. The van der Waals surface area contributed by atoms with Crippen LogP contribution in [0.25, 0.3) is 0 Å². The maximum Gasteiger partial charge on any atom is 0.308 e. The Morgan fingerprint density at radius 1 is 1.33 bits per heavy atom. The second kappa shape index (κ2) is 6.24. The number of carbonyl (C=O) groups excluding carboxylic acids is 1. The minimum Gasteiger partial charge on any atom is -0.481 e. The van der Waals surface area contributed by atoms with Crippen LogP contribution < -0.4 is 5.32 Å². The lowest BCUT2D eigenvalue weighted by Gasteiger charge is -2.18. The van der Waals surface area contributed by atoms with Gasteiger partial charge >= 0.3 is 5.97 Å². The van der Waals surface area contributed by atoms with Gasteiger partial charge in [-0.25, -0.2) is 4.39 Å². The standard InChI is InChI=1S/C16H20FNO3/c1-2-3-11(14(19)20)10-18-15(21)16(8-9-16)12-4-6-13(17)7-5-12/h4-7,11H,2-3,8-10H2,1H3,(H,18,21)(H,19,20). The number of halogens is 1. The average molecular weight is 293 g/mol. The predicted molar refractivity (Wildman–Crippen MR) is 76.4 cm³/mol. The van der Waals surface area contributed by atoms with Crippen LogP contribution in [0.5, 0.6) is 0 Å². The van der Waals surface area contributed by atoms with Crippen molar-refractivity contribution in [2.24, 2.45) is 5.92 Å². The molecular weight excluding hydrogens is 273 g/mol. The first kappa shape index (κ1) is 15.5. The Morgan fingerprint density at radius 2 is 1.95 bits per heavy atom. The van der Waals surface area contributed by atoms with Gasteiger partial charge in [0.1, 0.15) is 5.82 Å². The number of carbonyl (C=O) groups is 2. The first-order chi connectivity index (χ1) is 9.99. The fourth-order valence-electron chi connectivity index (χ4n) is 2.59. The highest BCUT2D eigenvalue weighted by molar-refractivity contribution is 5.91. The molecule has 1 aromatic rings. The summed E-state index contributed by atoms with van der Waals surface area (Å²) in [5.74, 6) is -1.92. The molecule has 21 heavy (non-hydrogen) atoms. The van der Waals surface area contributed by atoms with Crippen molar-refractivity contribution < 1.29 is 19.1 Å². The third kappa shape index (κ3) is 3.40. The van der Waals surface area contributed by atoms with E-state index < -0.39 is 17.3 Å². The van der Waals surface area contributed by atoms with Gasteiger partial charge in [0.15, 0.2) is 0 Å². The summed E-state index contributed by atoms with van der Waals surface area (Å²) >= 11 is 0.